The van der Waals surface area contributed by atoms with E-state index in [4.69, 9.17) is 11.6 Å². The Morgan fingerprint density at radius 3 is 2.44 bits per heavy atom. The number of hydrogen-bond acceptors (Lipinski definition) is 3. The Hall–Kier alpha value is -1.04. The lowest BCUT2D eigenvalue weighted by molar-refractivity contribution is -0.151. The van der Waals surface area contributed by atoms with Crippen molar-refractivity contribution >= 4 is 17.4 Å². The summed E-state index contributed by atoms with van der Waals surface area (Å²) < 4.78 is 37.9. The molecule has 2 rings (SSSR count). The summed E-state index contributed by atoms with van der Waals surface area (Å²) in [6.45, 7) is 1.64. The molecule has 1 N–H and O–H groups in total. The standard InChI is InChI=1S/C9H9ClF3N3/c1-5-4-6(15-7(10)14-5)16-8(2-3-8)9(11,12)13/h4H,2-3H2,1H3,(H,14,15,16). The summed E-state index contributed by atoms with van der Waals surface area (Å²) in [5.41, 5.74) is -1.29. The van der Waals surface area contributed by atoms with Crippen molar-refractivity contribution in [2.75, 3.05) is 5.32 Å². The molecule has 1 aliphatic rings. The molecule has 1 aromatic heterocycles. The molecule has 3 nitrogen and oxygen atoms in total. The second-order valence-electron chi connectivity index (χ2n) is 3.87. The van der Waals surface area contributed by atoms with Crippen LogP contribution < -0.4 is 5.32 Å². The van der Waals surface area contributed by atoms with Crippen molar-refractivity contribution in [3.8, 4) is 0 Å². The Balaban J connectivity index is 2.22. The predicted octanol–water partition coefficient (Wildman–Crippen LogP) is 2.95. The Labute approximate surface area is 95.0 Å². The largest absolute Gasteiger partial charge is 0.411 e. The van der Waals surface area contributed by atoms with Crippen LogP contribution in [-0.2, 0) is 0 Å². The molecule has 0 amide bonds. The fraction of sp³-hybridized carbons (Fsp3) is 0.556. The second kappa shape index (κ2) is 3.48. The quantitative estimate of drug-likeness (QED) is 0.822. The van der Waals surface area contributed by atoms with Crippen LogP contribution in [0, 0.1) is 6.92 Å². The van der Waals surface area contributed by atoms with E-state index in [2.05, 4.69) is 15.3 Å². The molecule has 7 heteroatoms. The lowest BCUT2D eigenvalue weighted by Gasteiger charge is -2.21. The van der Waals surface area contributed by atoms with Gasteiger partial charge in [-0.25, -0.2) is 9.97 Å². The molecular formula is C9H9ClF3N3. The predicted molar refractivity (Wildman–Crippen MR) is 53.4 cm³/mol. The van der Waals surface area contributed by atoms with E-state index in [0.717, 1.165) is 0 Å². The van der Waals surface area contributed by atoms with Crippen molar-refractivity contribution in [2.45, 2.75) is 31.5 Å². The fourth-order valence-electron chi connectivity index (χ4n) is 1.45. The molecule has 0 saturated heterocycles. The molecule has 0 aliphatic heterocycles. The summed E-state index contributed by atoms with van der Waals surface area (Å²) in [5, 5.41) is 2.34. The first kappa shape index (κ1) is 11.4. The van der Waals surface area contributed by atoms with Gasteiger partial charge in [-0.2, -0.15) is 13.2 Å². The second-order valence-corrected chi connectivity index (χ2v) is 4.21. The molecule has 0 aromatic carbocycles. The average Bonchev–Trinajstić information content (AvgIpc) is 2.81. The van der Waals surface area contributed by atoms with Gasteiger partial charge in [0, 0.05) is 11.8 Å². The third-order valence-corrected chi connectivity index (χ3v) is 2.66. The van der Waals surface area contributed by atoms with E-state index in [1.807, 2.05) is 0 Å². The highest BCUT2D eigenvalue weighted by atomic mass is 35.5. The smallest absolute Gasteiger partial charge is 0.356 e. The number of nitrogens with zero attached hydrogens (tertiary/aromatic N) is 2. The minimum atomic E-state index is -4.27. The van der Waals surface area contributed by atoms with Crippen LogP contribution in [0.5, 0.6) is 0 Å². The van der Waals surface area contributed by atoms with Crippen molar-refractivity contribution < 1.29 is 13.2 Å². The number of halogens is 4. The maximum absolute atomic E-state index is 12.6. The van der Waals surface area contributed by atoms with Crippen LogP contribution in [-0.4, -0.2) is 21.7 Å². The molecule has 1 aromatic rings. The normalized spacial score (nSPS) is 18.3. The van der Waals surface area contributed by atoms with Crippen LogP contribution in [0.25, 0.3) is 0 Å². The summed E-state index contributed by atoms with van der Waals surface area (Å²) in [6, 6.07) is 1.44. The van der Waals surface area contributed by atoms with Gasteiger partial charge in [-0.15, -0.1) is 0 Å². The first-order valence-corrected chi connectivity index (χ1v) is 5.06. The van der Waals surface area contributed by atoms with Crippen molar-refractivity contribution in [1.82, 2.24) is 9.97 Å². The van der Waals surface area contributed by atoms with E-state index in [9.17, 15) is 13.2 Å². The highest BCUT2D eigenvalue weighted by molar-refractivity contribution is 6.28. The lowest BCUT2D eigenvalue weighted by atomic mass is 10.2. The Morgan fingerprint density at radius 1 is 1.38 bits per heavy atom. The minimum absolute atomic E-state index is 0.0551. The van der Waals surface area contributed by atoms with Gasteiger partial charge in [0.2, 0.25) is 5.28 Å². The molecule has 0 radical (unpaired) electrons. The van der Waals surface area contributed by atoms with Gasteiger partial charge in [0.1, 0.15) is 11.4 Å². The lowest BCUT2D eigenvalue weighted by Crippen LogP contribution is -2.39. The van der Waals surface area contributed by atoms with Gasteiger partial charge >= 0.3 is 6.18 Å². The van der Waals surface area contributed by atoms with Crippen LogP contribution in [0.2, 0.25) is 5.28 Å². The van der Waals surface area contributed by atoms with E-state index in [0.29, 0.717) is 5.69 Å². The molecule has 1 heterocycles. The van der Waals surface area contributed by atoms with Gasteiger partial charge in [0.15, 0.2) is 0 Å². The maximum Gasteiger partial charge on any atom is 0.411 e. The molecule has 0 unspecified atom stereocenters. The summed E-state index contributed by atoms with van der Waals surface area (Å²) in [6.07, 6.45) is -4.13. The van der Waals surface area contributed by atoms with Crippen LogP contribution in [0.3, 0.4) is 0 Å². The zero-order valence-corrected chi connectivity index (χ0v) is 9.15. The van der Waals surface area contributed by atoms with Crippen LogP contribution in [0.15, 0.2) is 6.07 Å². The molecule has 88 valence electrons. The van der Waals surface area contributed by atoms with Crippen LogP contribution in [0.1, 0.15) is 18.5 Å². The third-order valence-electron chi connectivity index (χ3n) is 2.49. The molecule has 1 aliphatic carbocycles. The molecular weight excluding hydrogens is 243 g/mol. The van der Waals surface area contributed by atoms with Crippen molar-refractivity contribution in [1.29, 1.82) is 0 Å². The molecule has 0 bridgehead atoms. The average molecular weight is 252 g/mol. The summed E-state index contributed by atoms with van der Waals surface area (Å²) in [7, 11) is 0. The first-order chi connectivity index (χ1) is 7.32. The zero-order chi connectivity index (χ0) is 12.0. The number of aryl methyl sites for hydroxylation is 1. The van der Waals surface area contributed by atoms with Gasteiger partial charge < -0.3 is 5.32 Å². The summed E-state index contributed by atoms with van der Waals surface area (Å²) in [4.78, 5) is 7.50. The van der Waals surface area contributed by atoms with E-state index in [-0.39, 0.29) is 23.9 Å². The van der Waals surface area contributed by atoms with E-state index < -0.39 is 11.7 Å². The fourth-order valence-corrected chi connectivity index (χ4v) is 1.67. The van der Waals surface area contributed by atoms with Crippen LogP contribution in [0.4, 0.5) is 19.0 Å². The molecule has 1 saturated carbocycles. The van der Waals surface area contributed by atoms with Crippen molar-refractivity contribution in [3.05, 3.63) is 17.0 Å². The van der Waals surface area contributed by atoms with E-state index >= 15 is 0 Å². The SMILES string of the molecule is Cc1cc(NC2(C(F)(F)F)CC2)nc(Cl)n1. The number of anilines is 1. The molecule has 0 spiro atoms. The zero-order valence-electron chi connectivity index (χ0n) is 8.40. The maximum atomic E-state index is 12.6. The van der Waals surface area contributed by atoms with Gasteiger partial charge in [0.05, 0.1) is 0 Å². The highest BCUT2D eigenvalue weighted by Crippen LogP contribution is 2.50. The van der Waals surface area contributed by atoms with Gasteiger partial charge in [-0.05, 0) is 31.4 Å². The van der Waals surface area contributed by atoms with Crippen molar-refractivity contribution in [3.63, 3.8) is 0 Å². The number of nitrogens with one attached hydrogen (secondary N) is 1. The van der Waals surface area contributed by atoms with Gasteiger partial charge in [-0.3, -0.25) is 0 Å². The molecule has 16 heavy (non-hydrogen) atoms. The minimum Gasteiger partial charge on any atom is -0.356 e. The number of aromatic nitrogens is 2. The van der Waals surface area contributed by atoms with Crippen molar-refractivity contribution in [2.24, 2.45) is 0 Å². The summed E-state index contributed by atoms with van der Waals surface area (Å²) in [5.74, 6) is 0.118. The monoisotopic (exact) mass is 251 g/mol. The molecule has 0 atom stereocenters. The van der Waals surface area contributed by atoms with Crippen LogP contribution >= 0.6 is 11.6 Å². The number of hydrogen-bond donors (Lipinski definition) is 1. The van der Waals surface area contributed by atoms with Gasteiger partial charge in [0.25, 0.3) is 0 Å². The number of rotatable bonds is 2. The summed E-state index contributed by atoms with van der Waals surface area (Å²) >= 11 is 5.57. The molecule has 1 fully saturated rings. The van der Waals surface area contributed by atoms with Gasteiger partial charge in [-0.1, -0.05) is 0 Å². The Bertz CT molecular complexity index is 395. The Morgan fingerprint density at radius 2 is 2.00 bits per heavy atom. The highest BCUT2D eigenvalue weighted by Gasteiger charge is 2.63. The van der Waals surface area contributed by atoms with E-state index in [1.165, 1.54) is 6.07 Å². The van der Waals surface area contributed by atoms with E-state index in [1.54, 1.807) is 6.92 Å². The number of alkyl halides is 3. The topological polar surface area (TPSA) is 37.8 Å². The Kier molecular flexibility index (Phi) is 2.49. The first-order valence-electron chi connectivity index (χ1n) is 4.68. The third kappa shape index (κ3) is 2.07.